The zero-order valence-electron chi connectivity index (χ0n) is 15.9. The molecule has 0 aliphatic carbocycles. The molecule has 9 nitrogen and oxygen atoms in total. The van der Waals surface area contributed by atoms with Crippen molar-refractivity contribution in [3.05, 3.63) is 54.6 Å². The number of hydrogen-bond donors (Lipinski definition) is 1. The number of rotatable bonds is 2. The highest BCUT2D eigenvalue weighted by Gasteiger charge is 2.33. The molecule has 0 bridgehead atoms. The number of fused-ring (bicyclic) bond motifs is 1. The van der Waals surface area contributed by atoms with Crippen molar-refractivity contribution >= 4 is 17.5 Å². The number of para-hydroxylation sites is 2. The highest BCUT2D eigenvalue weighted by molar-refractivity contribution is 6.02. The molecule has 30 heavy (non-hydrogen) atoms. The van der Waals surface area contributed by atoms with Crippen LogP contribution in [0.5, 0.6) is 5.75 Å². The minimum Gasteiger partial charge on any atom is -0.489 e. The predicted octanol–water partition coefficient (Wildman–Crippen LogP) is 1.51. The third kappa shape index (κ3) is 4.47. The molecule has 1 aromatic carbocycles. The number of likely N-dealkylation sites (N-methyl/N-ethyl adjacent to an activating group) is 1. The van der Waals surface area contributed by atoms with Crippen molar-refractivity contribution in [3.63, 3.8) is 0 Å². The smallest absolute Gasteiger partial charge is 0.434 e. The molecule has 1 aliphatic rings. The molecular weight excluding hydrogens is 405 g/mol. The Kier molecular flexibility index (Phi) is 5.85. The van der Waals surface area contributed by atoms with Gasteiger partial charge in [-0.3, -0.25) is 9.59 Å². The van der Waals surface area contributed by atoms with Gasteiger partial charge in [-0.05, 0) is 12.1 Å². The van der Waals surface area contributed by atoms with Crippen LogP contribution in [0.1, 0.15) is 16.3 Å². The van der Waals surface area contributed by atoms with E-state index in [-0.39, 0.29) is 6.61 Å². The van der Waals surface area contributed by atoms with Crippen LogP contribution in [0.3, 0.4) is 0 Å². The number of alkyl halides is 3. The fourth-order valence-corrected chi connectivity index (χ4v) is 2.73. The van der Waals surface area contributed by atoms with E-state index in [4.69, 9.17) is 4.74 Å². The van der Waals surface area contributed by atoms with E-state index < -0.39 is 35.6 Å². The number of hydrogen-bond acceptors (Lipinski definition) is 6. The van der Waals surface area contributed by atoms with E-state index in [1.807, 2.05) is 0 Å². The second kappa shape index (κ2) is 8.35. The molecule has 0 saturated heterocycles. The molecule has 0 fully saturated rings. The number of ether oxygens (including phenoxy) is 1. The highest BCUT2D eigenvalue weighted by atomic mass is 19.4. The molecular formula is C18H17F3N6O3. The van der Waals surface area contributed by atoms with E-state index in [1.165, 1.54) is 19.0 Å². The number of halogens is 3. The lowest BCUT2D eigenvalue weighted by Crippen LogP contribution is -2.49. The van der Waals surface area contributed by atoms with E-state index in [0.29, 0.717) is 24.0 Å². The summed E-state index contributed by atoms with van der Waals surface area (Å²) in [6.45, 7) is -0.163. The molecule has 3 rings (SSSR count). The predicted molar refractivity (Wildman–Crippen MR) is 98.0 cm³/mol. The number of anilines is 1. The number of aromatic nitrogens is 4. The normalized spacial score (nSPS) is 16.1. The van der Waals surface area contributed by atoms with Gasteiger partial charge in [0.05, 0.1) is 5.69 Å². The summed E-state index contributed by atoms with van der Waals surface area (Å²) in [5.41, 5.74) is -0.744. The van der Waals surface area contributed by atoms with E-state index in [0.717, 1.165) is 10.9 Å². The first-order chi connectivity index (χ1) is 14.2. The fourth-order valence-electron chi connectivity index (χ4n) is 2.73. The van der Waals surface area contributed by atoms with Gasteiger partial charge >= 0.3 is 6.18 Å². The molecule has 1 N–H and O–H groups in total. The van der Waals surface area contributed by atoms with Crippen LogP contribution in [-0.4, -0.2) is 51.0 Å². The summed E-state index contributed by atoms with van der Waals surface area (Å²) >= 11 is 0. The van der Waals surface area contributed by atoms with Crippen molar-refractivity contribution in [2.24, 2.45) is 7.05 Å². The average Bonchev–Trinajstić information content (AvgIpc) is 2.76. The van der Waals surface area contributed by atoms with Crippen LogP contribution < -0.4 is 15.0 Å². The maximum Gasteiger partial charge on any atom is 0.434 e. The van der Waals surface area contributed by atoms with Crippen molar-refractivity contribution in [2.45, 2.75) is 12.2 Å². The number of nitrogens with zero attached hydrogens (tertiary/aromatic N) is 5. The molecule has 0 radical (unpaired) electrons. The van der Waals surface area contributed by atoms with Gasteiger partial charge < -0.3 is 19.5 Å². The third-order valence-electron chi connectivity index (χ3n) is 4.22. The number of benzene rings is 1. The second-order valence-corrected chi connectivity index (χ2v) is 6.29. The molecule has 0 unspecified atom stereocenters. The topological polar surface area (TPSA) is 102 Å². The Morgan fingerprint density at radius 2 is 1.90 bits per heavy atom. The standard InChI is InChI=1S/C18H17F3N6O3/c1-26-7-14(18(19,20)21)23-9-22-10-24-15(26)16(28)25-11-8-30-13-6-4-3-5-12(13)27(2)17(11)29/h3-7,9-11H,8H2,1-2H3,(H,25,28)/t11-/m0/s1. The Bertz CT molecular complexity index is 1020. The maximum absolute atomic E-state index is 13.1. The van der Waals surface area contributed by atoms with E-state index in [1.54, 1.807) is 24.3 Å². The van der Waals surface area contributed by atoms with Gasteiger partial charge in [0.15, 0.2) is 11.5 Å². The maximum atomic E-state index is 13.1. The lowest BCUT2D eigenvalue weighted by atomic mass is 10.2. The first-order valence-corrected chi connectivity index (χ1v) is 8.62. The second-order valence-electron chi connectivity index (χ2n) is 6.29. The minimum atomic E-state index is -4.76. The molecule has 12 heteroatoms. The van der Waals surface area contributed by atoms with Gasteiger partial charge in [0.25, 0.3) is 11.8 Å². The number of aryl methyl sites for hydroxylation is 1. The number of amides is 2. The first-order valence-electron chi connectivity index (χ1n) is 8.62. The Balaban J connectivity index is 1.91. The van der Waals surface area contributed by atoms with E-state index >= 15 is 0 Å². The Morgan fingerprint density at radius 3 is 2.63 bits per heavy atom. The molecule has 0 saturated carbocycles. The average molecular weight is 422 g/mol. The van der Waals surface area contributed by atoms with E-state index in [9.17, 15) is 22.8 Å². The largest absolute Gasteiger partial charge is 0.489 e. The van der Waals surface area contributed by atoms with Crippen molar-refractivity contribution < 1.29 is 27.5 Å². The minimum absolute atomic E-state index is 0.163. The van der Waals surface area contributed by atoms with Crippen LogP contribution in [0, 0.1) is 0 Å². The molecule has 158 valence electrons. The van der Waals surface area contributed by atoms with E-state index in [2.05, 4.69) is 20.3 Å². The summed E-state index contributed by atoms with van der Waals surface area (Å²) in [6.07, 6.45) is -2.59. The van der Waals surface area contributed by atoms with Gasteiger partial charge in [0.2, 0.25) is 0 Å². The van der Waals surface area contributed by atoms with Crippen molar-refractivity contribution in [2.75, 3.05) is 18.6 Å². The van der Waals surface area contributed by atoms with Gasteiger partial charge in [-0.25, -0.2) is 15.0 Å². The summed E-state index contributed by atoms with van der Waals surface area (Å²) in [5.74, 6) is -1.29. The molecule has 2 aromatic rings. The lowest BCUT2D eigenvalue weighted by Gasteiger charge is -2.20. The van der Waals surface area contributed by atoms with Gasteiger partial charge in [0.1, 0.15) is 31.1 Å². The summed E-state index contributed by atoms with van der Waals surface area (Å²) in [4.78, 5) is 37.3. The third-order valence-corrected chi connectivity index (χ3v) is 4.22. The molecule has 2 heterocycles. The summed E-state index contributed by atoms with van der Waals surface area (Å²) in [7, 11) is 2.73. The first kappa shape index (κ1) is 21.0. The number of carbonyl (C=O) groups is 2. The molecule has 1 aliphatic heterocycles. The van der Waals surface area contributed by atoms with Crippen LogP contribution >= 0.6 is 0 Å². The van der Waals surface area contributed by atoms with Crippen LogP contribution in [0.15, 0.2) is 43.1 Å². The van der Waals surface area contributed by atoms with Crippen LogP contribution in [0.25, 0.3) is 0 Å². The lowest BCUT2D eigenvalue weighted by molar-refractivity contribution is -0.141. The molecule has 1 atom stereocenters. The SMILES string of the molecule is CN1C(=O)[C@@H](NC(=O)c2ncncnc(C(F)(F)F)cn2C)COc2ccccc21. The van der Waals surface area contributed by atoms with Gasteiger partial charge in [-0.15, -0.1) is 0 Å². The zero-order chi connectivity index (χ0) is 21.9. The van der Waals surface area contributed by atoms with Gasteiger partial charge in [-0.1, -0.05) is 12.1 Å². The van der Waals surface area contributed by atoms with Crippen LogP contribution in [0.4, 0.5) is 18.9 Å². The molecule has 1 aromatic heterocycles. The van der Waals surface area contributed by atoms with Crippen molar-refractivity contribution in [1.29, 1.82) is 0 Å². The monoisotopic (exact) mass is 422 g/mol. The Labute approximate surface area is 168 Å². The summed E-state index contributed by atoms with van der Waals surface area (Å²) in [6, 6.07) is 5.76. The Hall–Kier alpha value is -3.70. The fraction of sp³-hybridized carbons (Fsp3) is 0.278. The number of nitrogens with one attached hydrogen (secondary N) is 1. The molecule has 2 amide bonds. The van der Waals surface area contributed by atoms with Crippen LogP contribution in [0.2, 0.25) is 0 Å². The van der Waals surface area contributed by atoms with Gasteiger partial charge in [-0.2, -0.15) is 13.2 Å². The highest BCUT2D eigenvalue weighted by Crippen LogP contribution is 2.30. The molecule has 0 spiro atoms. The van der Waals surface area contributed by atoms with Gasteiger partial charge in [0, 0.05) is 20.3 Å². The van der Waals surface area contributed by atoms with Crippen molar-refractivity contribution in [1.82, 2.24) is 24.8 Å². The quantitative estimate of drug-likeness (QED) is 0.787. The number of carbonyl (C=O) groups excluding carboxylic acids is 2. The van der Waals surface area contributed by atoms with Crippen LogP contribution in [-0.2, 0) is 18.0 Å². The summed E-state index contributed by atoms with van der Waals surface area (Å²) < 4.78 is 45.6. The zero-order valence-corrected chi connectivity index (χ0v) is 15.9. The summed E-state index contributed by atoms with van der Waals surface area (Å²) in [5, 5.41) is 2.46. The Morgan fingerprint density at radius 1 is 1.20 bits per heavy atom. The van der Waals surface area contributed by atoms with Crippen molar-refractivity contribution in [3.8, 4) is 5.75 Å².